The predicted molar refractivity (Wildman–Crippen MR) is 71.4 cm³/mol. The van der Waals surface area contributed by atoms with Crippen molar-refractivity contribution in [2.24, 2.45) is 0 Å². The molecular weight excluding hydrogens is 264 g/mol. The third-order valence-corrected chi connectivity index (χ3v) is 4.29. The van der Waals surface area contributed by atoms with Crippen LogP contribution < -0.4 is 0 Å². The molecule has 110 valence electrons. The predicted octanol–water partition coefficient (Wildman–Crippen LogP) is 2.49. The van der Waals surface area contributed by atoms with Gasteiger partial charge in [-0.2, -0.15) is 0 Å². The van der Waals surface area contributed by atoms with Crippen LogP contribution in [-0.2, 0) is 14.9 Å². The fraction of sp³-hybridized carbons (Fsp3) is 0.533. The molecule has 2 atom stereocenters. The largest absolute Gasteiger partial charge is 0.468 e. The van der Waals surface area contributed by atoms with E-state index in [9.17, 15) is 13.6 Å². The van der Waals surface area contributed by atoms with Gasteiger partial charge in [0.2, 0.25) is 0 Å². The summed E-state index contributed by atoms with van der Waals surface area (Å²) < 4.78 is 31.5. The van der Waals surface area contributed by atoms with Crippen molar-refractivity contribution in [2.75, 3.05) is 13.7 Å². The molecule has 2 unspecified atom stereocenters. The Bertz CT molecular complexity index is 533. The first-order valence-electron chi connectivity index (χ1n) is 6.64. The highest BCUT2D eigenvalue weighted by Gasteiger charge is 2.58. The summed E-state index contributed by atoms with van der Waals surface area (Å²) in [4.78, 5) is 14.3. The minimum Gasteiger partial charge on any atom is -0.468 e. The molecule has 1 aliphatic heterocycles. The number of likely N-dealkylation sites (tertiary alicyclic amines) is 1. The molecule has 5 heteroatoms. The summed E-state index contributed by atoms with van der Waals surface area (Å²) >= 11 is 0. The van der Waals surface area contributed by atoms with E-state index in [2.05, 4.69) is 4.90 Å². The average molecular weight is 283 g/mol. The van der Waals surface area contributed by atoms with E-state index in [1.807, 2.05) is 20.8 Å². The molecule has 1 fully saturated rings. The molecule has 1 saturated heterocycles. The van der Waals surface area contributed by atoms with Crippen LogP contribution in [-0.4, -0.2) is 36.6 Å². The third-order valence-electron chi connectivity index (χ3n) is 4.29. The van der Waals surface area contributed by atoms with Crippen molar-refractivity contribution >= 4 is 5.97 Å². The van der Waals surface area contributed by atoms with Crippen molar-refractivity contribution in [1.82, 2.24) is 4.90 Å². The van der Waals surface area contributed by atoms with Crippen LogP contribution in [0, 0.1) is 11.6 Å². The summed E-state index contributed by atoms with van der Waals surface area (Å²) in [7, 11) is 1.31. The Balaban J connectivity index is 2.45. The van der Waals surface area contributed by atoms with Crippen LogP contribution in [0.3, 0.4) is 0 Å². The molecule has 0 aliphatic carbocycles. The van der Waals surface area contributed by atoms with Gasteiger partial charge in [-0.15, -0.1) is 0 Å². The lowest BCUT2D eigenvalue weighted by Crippen LogP contribution is -2.71. The van der Waals surface area contributed by atoms with Gasteiger partial charge in [0, 0.05) is 18.6 Å². The fourth-order valence-electron chi connectivity index (χ4n) is 3.00. The van der Waals surface area contributed by atoms with Gasteiger partial charge in [0.15, 0.2) is 11.6 Å². The van der Waals surface area contributed by atoms with E-state index in [0.29, 0.717) is 12.1 Å². The van der Waals surface area contributed by atoms with Gasteiger partial charge in [-0.25, -0.2) is 8.78 Å². The molecule has 0 spiro atoms. The second-order valence-corrected chi connectivity index (χ2v) is 5.53. The van der Waals surface area contributed by atoms with E-state index in [4.69, 9.17) is 4.74 Å². The van der Waals surface area contributed by atoms with E-state index in [0.717, 1.165) is 12.1 Å². The lowest BCUT2D eigenvalue weighted by atomic mass is 9.66. The number of hydrogen-bond acceptors (Lipinski definition) is 3. The van der Waals surface area contributed by atoms with Crippen molar-refractivity contribution in [3.8, 4) is 0 Å². The van der Waals surface area contributed by atoms with Crippen molar-refractivity contribution in [3.63, 3.8) is 0 Å². The molecule has 0 aromatic heterocycles. The number of carbonyl (C=O) groups excluding carboxylic acids is 1. The second-order valence-electron chi connectivity index (χ2n) is 5.53. The Morgan fingerprint density at radius 1 is 1.40 bits per heavy atom. The molecule has 0 radical (unpaired) electrons. The van der Waals surface area contributed by atoms with Crippen LogP contribution in [0.5, 0.6) is 0 Å². The number of rotatable bonds is 3. The van der Waals surface area contributed by atoms with Crippen LogP contribution in [0.1, 0.15) is 26.3 Å². The molecule has 0 N–H and O–H groups in total. The Kier molecular flexibility index (Phi) is 3.82. The van der Waals surface area contributed by atoms with Crippen molar-refractivity contribution < 1.29 is 18.3 Å². The first-order valence-corrected chi connectivity index (χ1v) is 6.64. The van der Waals surface area contributed by atoms with Crippen LogP contribution in [0.15, 0.2) is 18.2 Å². The minimum absolute atomic E-state index is 0.125. The lowest BCUT2D eigenvalue weighted by molar-refractivity contribution is -0.162. The maximum absolute atomic E-state index is 13.5. The molecule has 0 bridgehead atoms. The zero-order valence-corrected chi connectivity index (χ0v) is 12.1. The number of methoxy groups -OCH3 is 1. The van der Waals surface area contributed by atoms with Crippen LogP contribution in [0.25, 0.3) is 0 Å². The van der Waals surface area contributed by atoms with Gasteiger partial charge >= 0.3 is 5.97 Å². The highest BCUT2D eigenvalue weighted by molar-refractivity contribution is 5.86. The van der Waals surface area contributed by atoms with Crippen LogP contribution in [0.4, 0.5) is 8.78 Å². The summed E-state index contributed by atoms with van der Waals surface area (Å²) in [6.45, 7) is 6.41. The van der Waals surface area contributed by atoms with Crippen molar-refractivity contribution in [2.45, 2.75) is 38.3 Å². The topological polar surface area (TPSA) is 29.5 Å². The summed E-state index contributed by atoms with van der Waals surface area (Å²) in [5.74, 6) is -2.27. The van der Waals surface area contributed by atoms with Gasteiger partial charge in [-0.1, -0.05) is 6.07 Å². The van der Waals surface area contributed by atoms with Gasteiger partial charge in [0.1, 0.15) is 5.41 Å². The smallest absolute Gasteiger partial charge is 0.319 e. The maximum atomic E-state index is 13.5. The number of nitrogens with zero attached hydrogens (tertiary/aromatic N) is 1. The first-order chi connectivity index (χ1) is 9.34. The summed E-state index contributed by atoms with van der Waals surface area (Å²) in [5, 5.41) is 0. The third kappa shape index (κ3) is 2.00. The standard InChI is InChI=1S/C15H19F2NO2/c1-9(2)18-8-15(10(18)3,14(19)20-4)11-5-6-12(16)13(17)7-11/h5-7,9-10H,8H2,1-4H3. The highest BCUT2D eigenvalue weighted by Crippen LogP contribution is 2.43. The Morgan fingerprint density at radius 3 is 2.50 bits per heavy atom. The van der Waals surface area contributed by atoms with E-state index < -0.39 is 23.0 Å². The molecule has 1 aromatic carbocycles. The average Bonchev–Trinajstić information content (AvgIpc) is 2.40. The summed E-state index contributed by atoms with van der Waals surface area (Å²) in [6, 6.07) is 3.76. The number of carbonyl (C=O) groups is 1. The Labute approximate surface area is 117 Å². The highest BCUT2D eigenvalue weighted by atomic mass is 19.2. The minimum atomic E-state index is -0.944. The molecular formula is C15H19F2NO2. The number of halogens is 2. The van der Waals surface area contributed by atoms with E-state index >= 15 is 0 Å². The zero-order chi connectivity index (χ0) is 15.1. The number of ether oxygens (including phenoxy) is 1. The van der Waals surface area contributed by atoms with Crippen LogP contribution >= 0.6 is 0 Å². The summed E-state index contributed by atoms with van der Waals surface area (Å²) in [5.41, 5.74) is -0.458. The molecule has 0 amide bonds. The molecule has 0 saturated carbocycles. The lowest BCUT2D eigenvalue weighted by Gasteiger charge is -2.56. The molecule has 1 heterocycles. The van der Waals surface area contributed by atoms with Gasteiger partial charge < -0.3 is 4.74 Å². The normalized spacial score (nSPS) is 26.4. The van der Waals surface area contributed by atoms with Crippen molar-refractivity contribution in [1.29, 1.82) is 0 Å². The van der Waals surface area contributed by atoms with E-state index in [1.165, 1.54) is 13.2 Å². The summed E-state index contributed by atoms with van der Waals surface area (Å²) in [6.07, 6.45) is 0. The zero-order valence-electron chi connectivity index (χ0n) is 12.1. The number of hydrogen-bond donors (Lipinski definition) is 0. The molecule has 2 rings (SSSR count). The molecule has 20 heavy (non-hydrogen) atoms. The maximum Gasteiger partial charge on any atom is 0.319 e. The van der Waals surface area contributed by atoms with Gasteiger partial charge in [-0.3, -0.25) is 9.69 Å². The quantitative estimate of drug-likeness (QED) is 0.798. The SMILES string of the molecule is COC(=O)C1(c2ccc(F)c(F)c2)CN(C(C)C)C1C. The van der Waals surface area contributed by atoms with Gasteiger partial charge in [0.25, 0.3) is 0 Å². The second kappa shape index (κ2) is 5.13. The van der Waals surface area contributed by atoms with Gasteiger partial charge in [0.05, 0.1) is 7.11 Å². The molecule has 1 aliphatic rings. The Hall–Kier alpha value is -1.49. The number of esters is 1. The Morgan fingerprint density at radius 2 is 2.05 bits per heavy atom. The van der Waals surface area contributed by atoms with Gasteiger partial charge in [-0.05, 0) is 38.5 Å². The number of benzene rings is 1. The van der Waals surface area contributed by atoms with E-state index in [1.54, 1.807) is 0 Å². The molecule has 1 aromatic rings. The molecule has 3 nitrogen and oxygen atoms in total. The van der Waals surface area contributed by atoms with Crippen molar-refractivity contribution in [3.05, 3.63) is 35.4 Å². The first kappa shape index (κ1) is 14.9. The van der Waals surface area contributed by atoms with E-state index in [-0.39, 0.29) is 12.1 Å². The fourth-order valence-corrected chi connectivity index (χ4v) is 3.00. The monoisotopic (exact) mass is 283 g/mol. The van der Waals surface area contributed by atoms with Crippen LogP contribution in [0.2, 0.25) is 0 Å².